The number of hydrogen-bond acceptors (Lipinski definition) is 3. The predicted octanol–water partition coefficient (Wildman–Crippen LogP) is 2.88. The Labute approximate surface area is 126 Å². The van der Waals surface area contributed by atoms with Gasteiger partial charge in [-0.25, -0.2) is 13.8 Å². The Morgan fingerprint density at radius 3 is 2.55 bits per heavy atom. The molecule has 1 aromatic carbocycles. The van der Waals surface area contributed by atoms with E-state index < -0.39 is 17.6 Å². The van der Waals surface area contributed by atoms with Crippen molar-refractivity contribution in [3.8, 4) is 11.4 Å². The van der Waals surface area contributed by atoms with Gasteiger partial charge in [0.25, 0.3) is 5.97 Å². The predicted molar refractivity (Wildman–Crippen MR) is 75.4 cm³/mol. The van der Waals surface area contributed by atoms with Gasteiger partial charge in [-0.2, -0.15) is 0 Å². The maximum absolute atomic E-state index is 13.2. The van der Waals surface area contributed by atoms with E-state index in [9.17, 15) is 8.78 Å². The van der Waals surface area contributed by atoms with E-state index in [4.69, 9.17) is 14.6 Å². The highest BCUT2D eigenvalue weighted by atomic mass is 19.1. The van der Waals surface area contributed by atoms with E-state index in [0.29, 0.717) is 24.6 Å². The number of imidazole rings is 1. The molecule has 5 nitrogen and oxygen atoms in total. The molecule has 0 aliphatic carbocycles. The minimum atomic E-state index is -0.833. The van der Waals surface area contributed by atoms with Gasteiger partial charge in [0.05, 0.1) is 12.6 Å². The van der Waals surface area contributed by atoms with Crippen LogP contribution in [-0.2, 0) is 9.53 Å². The van der Waals surface area contributed by atoms with E-state index in [0.717, 1.165) is 19.4 Å². The lowest BCUT2D eigenvalue weighted by Gasteiger charge is -2.13. The molecular weight excluding hydrogens is 294 g/mol. The summed E-state index contributed by atoms with van der Waals surface area (Å²) in [6, 6.07) is 3.62. The summed E-state index contributed by atoms with van der Waals surface area (Å²) in [7, 11) is 0. The van der Waals surface area contributed by atoms with E-state index in [1.165, 1.54) is 12.1 Å². The largest absolute Gasteiger partial charge is 0.481 e. The van der Waals surface area contributed by atoms with Gasteiger partial charge in [-0.15, -0.1) is 0 Å². The van der Waals surface area contributed by atoms with Gasteiger partial charge >= 0.3 is 0 Å². The zero-order chi connectivity index (χ0) is 16.1. The highest BCUT2D eigenvalue weighted by Crippen LogP contribution is 2.27. The van der Waals surface area contributed by atoms with E-state index in [2.05, 4.69) is 4.98 Å². The quantitative estimate of drug-likeness (QED) is 0.926. The number of carboxylic acid groups (broad SMARTS) is 1. The summed E-state index contributed by atoms with van der Waals surface area (Å²) in [6.45, 7) is 2.40. The summed E-state index contributed by atoms with van der Waals surface area (Å²) in [6.07, 6.45) is 4.34. The smallest absolute Gasteiger partial charge is 0.300 e. The van der Waals surface area contributed by atoms with Crippen LogP contribution in [0.15, 0.2) is 30.6 Å². The zero-order valence-electron chi connectivity index (χ0n) is 12.0. The average molecular weight is 310 g/mol. The van der Waals surface area contributed by atoms with Crippen molar-refractivity contribution in [1.82, 2.24) is 9.55 Å². The number of aliphatic carboxylic acids is 1. The van der Waals surface area contributed by atoms with Crippen molar-refractivity contribution < 1.29 is 23.4 Å². The molecule has 3 rings (SSSR count). The molecule has 1 unspecified atom stereocenters. The van der Waals surface area contributed by atoms with Gasteiger partial charge < -0.3 is 14.4 Å². The fraction of sp³-hybridized carbons (Fsp3) is 0.333. The van der Waals surface area contributed by atoms with Crippen LogP contribution in [0.3, 0.4) is 0 Å². The molecule has 1 aliphatic rings. The molecule has 0 amide bonds. The number of carbonyl (C=O) groups is 1. The van der Waals surface area contributed by atoms with Crippen molar-refractivity contribution in [1.29, 1.82) is 0 Å². The Kier molecular flexibility index (Phi) is 5.21. The van der Waals surface area contributed by atoms with Crippen molar-refractivity contribution in [3.63, 3.8) is 0 Å². The second kappa shape index (κ2) is 7.13. The average Bonchev–Trinajstić information content (AvgIpc) is 3.08. The first-order valence-electron chi connectivity index (χ1n) is 6.74. The number of carboxylic acids is 1. The van der Waals surface area contributed by atoms with Gasteiger partial charge in [-0.1, -0.05) is 0 Å². The summed E-state index contributed by atoms with van der Waals surface area (Å²) in [4.78, 5) is 13.2. The Hall–Kier alpha value is -2.28. The standard InChI is InChI=1S/C13H12F2N2O.C2H4O2/c14-10-5-9(6-11(15)7-10)13-16-2-3-17(13)12-1-4-18-8-12;1-2(3)4/h2-3,5-7,12H,1,4,8H2;1H3,(H,3,4). The van der Waals surface area contributed by atoms with Gasteiger partial charge in [0.1, 0.15) is 17.5 Å². The van der Waals surface area contributed by atoms with Gasteiger partial charge in [-0.3, -0.25) is 4.79 Å². The normalized spacial score (nSPS) is 17.0. The Morgan fingerprint density at radius 1 is 1.36 bits per heavy atom. The maximum Gasteiger partial charge on any atom is 0.300 e. The number of hydrogen-bond donors (Lipinski definition) is 1. The van der Waals surface area contributed by atoms with Crippen LogP contribution < -0.4 is 0 Å². The van der Waals surface area contributed by atoms with Crippen LogP contribution in [0.1, 0.15) is 19.4 Å². The molecule has 1 fully saturated rings. The highest BCUT2D eigenvalue weighted by Gasteiger charge is 2.20. The van der Waals surface area contributed by atoms with E-state index in [-0.39, 0.29) is 6.04 Å². The topological polar surface area (TPSA) is 64.3 Å². The molecule has 1 N–H and O–H groups in total. The first kappa shape index (κ1) is 16.1. The molecule has 1 atom stereocenters. The van der Waals surface area contributed by atoms with Crippen LogP contribution in [0.4, 0.5) is 8.78 Å². The van der Waals surface area contributed by atoms with Gasteiger partial charge in [0.15, 0.2) is 0 Å². The number of rotatable bonds is 2. The number of benzene rings is 1. The molecule has 1 aliphatic heterocycles. The molecule has 1 aromatic heterocycles. The lowest BCUT2D eigenvalue weighted by Crippen LogP contribution is -2.09. The summed E-state index contributed by atoms with van der Waals surface area (Å²) in [5.41, 5.74) is 0.449. The van der Waals surface area contributed by atoms with E-state index in [1.807, 2.05) is 10.8 Å². The molecule has 0 bridgehead atoms. The first-order chi connectivity index (χ1) is 10.5. The van der Waals surface area contributed by atoms with Crippen LogP contribution in [0, 0.1) is 11.6 Å². The summed E-state index contributed by atoms with van der Waals surface area (Å²) in [5, 5.41) is 7.42. The summed E-state index contributed by atoms with van der Waals surface area (Å²) in [5.74, 6) is -1.45. The van der Waals surface area contributed by atoms with Gasteiger partial charge in [0, 0.05) is 37.6 Å². The van der Waals surface area contributed by atoms with Crippen molar-refractivity contribution in [2.24, 2.45) is 0 Å². The molecule has 2 aromatic rings. The highest BCUT2D eigenvalue weighted by molar-refractivity contribution is 5.63. The Balaban J connectivity index is 0.000000396. The lowest BCUT2D eigenvalue weighted by atomic mass is 10.2. The summed E-state index contributed by atoms with van der Waals surface area (Å²) < 4.78 is 33.7. The van der Waals surface area contributed by atoms with Crippen LogP contribution in [0.2, 0.25) is 0 Å². The second-order valence-electron chi connectivity index (χ2n) is 4.85. The fourth-order valence-electron chi connectivity index (χ4n) is 2.26. The van der Waals surface area contributed by atoms with Crippen molar-refractivity contribution in [3.05, 3.63) is 42.2 Å². The third-order valence-corrected chi connectivity index (χ3v) is 3.09. The molecular formula is C15H16F2N2O3. The van der Waals surface area contributed by atoms with Crippen LogP contribution in [0.25, 0.3) is 11.4 Å². The van der Waals surface area contributed by atoms with Crippen molar-refractivity contribution >= 4 is 5.97 Å². The molecule has 7 heteroatoms. The third-order valence-electron chi connectivity index (χ3n) is 3.09. The summed E-state index contributed by atoms with van der Waals surface area (Å²) >= 11 is 0. The minimum absolute atomic E-state index is 0.189. The van der Waals surface area contributed by atoms with Crippen LogP contribution >= 0.6 is 0 Å². The molecule has 118 valence electrons. The molecule has 0 saturated carbocycles. The van der Waals surface area contributed by atoms with Crippen molar-refractivity contribution in [2.45, 2.75) is 19.4 Å². The SMILES string of the molecule is CC(=O)O.Fc1cc(F)cc(-c2nccn2C2CCOC2)c1. The Morgan fingerprint density at radius 2 is 2.00 bits per heavy atom. The monoisotopic (exact) mass is 310 g/mol. The van der Waals surface area contributed by atoms with Crippen molar-refractivity contribution in [2.75, 3.05) is 13.2 Å². The second-order valence-corrected chi connectivity index (χ2v) is 4.85. The first-order valence-corrected chi connectivity index (χ1v) is 6.74. The zero-order valence-corrected chi connectivity index (χ0v) is 12.0. The fourth-order valence-corrected chi connectivity index (χ4v) is 2.26. The van der Waals surface area contributed by atoms with E-state index >= 15 is 0 Å². The molecule has 22 heavy (non-hydrogen) atoms. The third kappa shape index (κ3) is 4.11. The van der Waals surface area contributed by atoms with Gasteiger partial charge in [-0.05, 0) is 18.6 Å². The number of nitrogens with zero attached hydrogens (tertiary/aromatic N) is 2. The molecule has 0 radical (unpaired) electrons. The minimum Gasteiger partial charge on any atom is -0.481 e. The molecule has 2 heterocycles. The van der Waals surface area contributed by atoms with Crippen LogP contribution in [0.5, 0.6) is 0 Å². The lowest BCUT2D eigenvalue weighted by molar-refractivity contribution is -0.134. The van der Waals surface area contributed by atoms with Crippen LogP contribution in [-0.4, -0.2) is 33.8 Å². The number of aromatic nitrogens is 2. The molecule has 0 spiro atoms. The number of halogens is 2. The number of ether oxygens (including phenoxy) is 1. The maximum atomic E-state index is 13.2. The van der Waals surface area contributed by atoms with E-state index in [1.54, 1.807) is 6.20 Å². The molecule has 1 saturated heterocycles. The Bertz CT molecular complexity index is 628. The van der Waals surface area contributed by atoms with Gasteiger partial charge in [0.2, 0.25) is 0 Å².